The molecule has 1 aliphatic rings. The van der Waals surface area contributed by atoms with E-state index >= 15 is 0 Å². The number of unbranched alkanes of at least 4 members (excludes halogenated alkanes) is 1. The van der Waals surface area contributed by atoms with Crippen LogP contribution in [-0.2, 0) is 0 Å². The molecule has 0 aliphatic heterocycles. The zero-order chi connectivity index (χ0) is 8.16. The minimum absolute atomic E-state index is 0.537. The molecule has 0 saturated carbocycles. The minimum Gasteiger partial charge on any atom is -0.385 e. The molecule has 1 N–H and O–H groups in total. The van der Waals surface area contributed by atoms with Crippen molar-refractivity contribution in [2.24, 2.45) is 0 Å². The molecule has 0 saturated heterocycles. The zero-order valence-corrected chi connectivity index (χ0v) is 7.09. The van der Waals surface area contributed by atoms with Crippen LogP contribution in [0.4, 0.5) is 0 Å². The monoisotopic (exact) mass is 152 g/mol. The average Bonchev–Trinajstić information content (AvgIpc) is 2.03. The minimum atomic E-state index is -0.537. The summed E-state index contributed by atoms with van der Waals surface area (Å²) in [7, 11) is 0. The van der Waals surface area contributed by atoms with Crippen LogP contribution in [0.5, 0.6) is 0 Å². The van der Waals surface area contributed by atoms with E-state index in [4.69, 9.17) is 0 Å². The molecule has 0 bridgehead atoms. The van der Waals surface area contributed by atoms with E-state index in [0.717, 1.165) is 25.7 Å². The van der Waals surface area contributed by atoms with Crippen LogP contribution in [0.2, 0.25) is 0 Å². The molecular weight excluding hydrogens is 136 g/mol. The van der Waals surface area contributed by atoms with Gasteiger partial charge in [0, 0.05) is 0 Å². The normalized spacial score (nSPS) is 29.3. The second-order valence-corrected chi connectivity index (χ2v) is 3.20. The topological polar surface area (TPSA) is 20.2 Å². The van der Waals surface area contributed by atoms with E-state index in [1.807, 2.05) is 24.3 Å². The van der Waals surface area contributed by atoms with E-state index in [-0.39, 0.29) is 0 Å². The molecule has 0 spiro atoms. The van der Waals surface area contributed by atoms with Crippen LogP contribution >= 0.6 is 0 Å². The lowest BCUT2D eigenvalue weighted by Crippen LogP contribution is -2.25. The van der Waals surface area contributed by atoms with Gasteiger partial charge in [-0.05, 0) is 12.8 Å². The summed E-state index contributed by atoms with van der Waals surface area (Å²) < 4.78 is 0. The van der Waals surface area contributed by atoms with Crippen molar-refractivity contribution in [1.82, 2.24) is 0 Å². The third-order valence-electron chi connectivity index (χ3n) is 2.09. The van der Waals surface area contributed by atoms with E-state index in [1.54, 1.807) is 0 Å². The summed E-state index contributed by atoms with van der Waals surface area (Å²) >= 11 is 0. The van der Waals surface area contributed by atoms with Crippen LogP contribution in [0.1, 0.15) is 32.6 Å². The molecule has 0 radical (unpaired) electrons. The fraction of sp³-hybridized carbons (Fsp3) is 0.600. The van der Waals surface area contributed by atoms with Gasteiger partial charge in [0.05, 0.1) is 5.60 Å². The second kappa shape index (κ2) is 3.72. The van der Waals surface area contributed by atoms with Crippen molar-refractivity contribution >= 4 is 0 Å². The quantitative estimate of drug-likeness (QED) is 0.658. The highest BCUT2D eigenvalue weighted by atomic mass is 16.3. The van der Waals surface area contributed by atoms with Gasteiger partial charge in [0.1, 0.15) is 0 Å². The number of hydrogen-bond donors (Lipinski definition) is 1. The highest BCUT2D eigenvalue weighted by Gasteiger charge is 2.21. The summed E-state index contributed by atoms with van der Waals surface area (Å²) in [5, 5.41) is 9.86. The molecule has 1 heteroatoms. The van der Waals surface area contributed by atoms with Gasteiger partial charge in [0.15, 0.2) is 0 Å². The molecule has 1 nitrogen and oxygen atoms in total. The van der Waals surface area contributed by atoms with E-state index in [9.17, 15) is 5.11 Å². The highest BCUT2D eigenvalue weighted by molar-refractivity contribution is 5.17. The lowest BCUT2D eigenvalue weighted by molar-refractivity contribution is 0.0810. The Morgan fingerprint density at radius 1 is 1.45 bits per heavy atom. The fourth-order valence-electron chi connectivity index (χ4n) is 1.32. The van der Waals surface area contributed by atoms with E-state index in [1.165, 1.54) is 0 Å². The first kappa shape index (κ1) is 8.54. The molecule has 1 rings (SSSR count). The molecule has 0 aromatic carbocycles. The van der Waals surface area contributed by atoms with Crippen LogP contribution in [-0.4, -0.2) is 10.7 Å². The largest absolute Gasteiger partial charge is 0.385 e. The Morgan fingerprint density at radius 2 is 2.27 bits per heavy atom. The third-order valence-corrected chi connectivity index (χ3v) is 2.09. The number of rotatable bonds is 3. The molecule has 1 atom stereocenters. The summed E-state index contributed by atoms with van der Waals surface area (Å²) in [6.45, 7) is 2.14. The molecule has 1 aliphatic carbocycles. The summed E-state index contributed by atoms with van der Waals surface area (Å²) in [6.07, 6.45) is 11.8. The predicted molar refractivity (Wildman–Crippen MR) is 47.4 cm³/mol. The van der Waals surface area contributed by atoms with Crippen molar-refractivity contribution in [3.8, 4) is 0 Å². The number of allylic oxidation sites excluding steroid dienone is 2. The van der Waals surface area contributed by atoms with Gasteiger partial charge < -0.3 is 5.11 Å². The van der Waals surface area contributed by atoms with Crippen LogP contribution < -0.4 is 0 Å². The van der Waals surface area contributed by atoms with E-state index in [0.29, 0.717) is 0 Å². The molecule has 11 heavy (non-hydrogen) atoms. The van der Waals surface area contributed by atoms with Gasteiger partial charge in [-0.2, -0.15) is 0 Å². The maximum atomic E-state index is 9.86. The molecule has 0 fully saturated rings. The molecular formula is C10H16O. The Balaban J connectivity index is 2.40. The first-order valence-corrected chi connectivity index (χ1v) is 4.33. The summed E-state index contributed by atoms with van der Waals surface area (Å²) in [5.41, 5.74) is -0.537. The van der Waals surface area contributed by atoms with Gasteiger partial charge in [-0.25, -0.2) is 0 Å². The molecule has 0 heterocycles. The molecule has 0 amide bonds. The van der Waals surface area contributed by atoms with Gasteiger partial charge in [-0.3, -0.25) is 0 Å². The SMILES string of the molecule is CCCCC1(O)C=CC=CC1. The molecule has 0 aromatic heterocycles. The van der Waals surface area contributed by atoms with Gasteiger partial charge in [-0.1, -0.05) is 44.1 Å². The Hall–Kier alpha value is -0.560. The summed E-state index contributed by atoms with van der Waals surface area (Å²) in [5.74, 6) is 0. The Bertz CT molecular complexity index is 170. The summed E-state index contributed by atoms with van der Waals surface area (Å²) in [6, 6.07) is 0. The second-order valence-electron chi connectivity index (χ2n) is 3.20. The maximum Gasteiger partial charge on any atom is 0.0865 e. The molecule has 62 valence electrons. The van der Waals surface area contributed by atoms with Crippen molar-refractivity contribution in [1.29, 1.82) is 0 Å². The van der Waals surface area contributed by atoms with Gasteiger partial charge >= 0.3 is 0 Å². The first-order valence-electron chi connectivity index (χ1n) is 4.33. The fourth-order valence-corrected chi connectivity index (χ4v) is 1.32. The Labute approximate surface area is 68.4 Å². The summed E-state index contributed by atoms with van der Waals surface area (Å²) in [4.78, 5) is 0. The van der Waals surface area contributed by atoms with Crippen molar-refractivity contribution in [2.45, 2.75) is 38.2 Å². The van der Waals surface area contributed by atoms with Crippen molar-refractivity contribution in [3.05, 3.63) is 24.3 Å². The van der Waals surface area contributed by atoms with Crippen LogP contribution in [0.15, 0.2) is 24.3 Å². The number of hydrogen-bond acceptors (Lipinski definition) is 1. The van der Waals surface area contributed by atoms with Crippen LogP contribution in [0.25, 0.3) is 0 Å². The molecule has 0 aromatic rings. The van der Waals surface area contributed by atoms with Crippen molar-refractivity contribution < 1.29 is 5.11 Å². The van der Waals surface area contributed by atoms with Gasteiger partial charge in [0.25, 0.3) is 0 Å². The Morgan fingerprint density at radius 3 is 2.82 bits per heavy atom. The van der Waals surface area contributed by atoms with E-state index in [2.05, 4.69) is 6.92 Å². The maximum absolute atomic E-state index is 9.86. The lowest BCUT2D eigenvalue weighted by Gasteiger charge is -2.24. The predicted octanol–water partition coefficient (Wildman–Crippen LogP) is 2.42. The third kappa shape index (κ3) is 2.51. The van der Waals surface area contributed by atoms with Crippen LogP contribution in [0.3, 0.4) is 0 Å². The standard InChI is InChI=1S/C10H16O/c1-2-3-7-10(11)8-5-4-6-9-10/h4-6,8,11H,2-3,7,9H2,1H3. The average molecular weight is 152 g/mol. The Kier molecular flexibility index (Phi) is 2.89. The van der Waals surface area contributed by atoms with Gasteiger partial charge in [-0.15, -0.1) is 0 Å². The van der Waals surface area contributed by atoms with Gasteiger partial charge in [0.2, 0.25) is 0 Å². The lowest BCUT2D eigenvalue weighted by atomic mass is 9.90. The molecule has 1 unspecified atom stereocenters. The zero-order valence-electron chi connectivity index (χ0n) is 7.09. The first-order chi connectivity index (χ1) is 5.27. The van der Waals surface area contributed by atoms with Crippen molar-refractivity contribution in [2.75, 3.05) is 0 Å². The van der Waals surface area contributed by atoms with Crippen LogP contribution in [0, 0.1) is 0 Å². The van der Waals surface area contributed by atoms with Crippen molar-refractivity contribution in [3.63, 3.8) is 0 Å². The smallest absolute Gasteiger partial charge is 0.0865 e. The number of aliphatic hydroxyl groups is 1. The van der Waals surface area contributed by atoms with E-state index < -0.39 is 5.60 Å². The highest BCUT2D eigenvalue weighted by Crippen LogP contribution is 2.23.